The van der Waals surface area contributed by atoms with Crippen molar-refractivity contribution in [1.82, 2.24) is 35.8 Å². The van der Waals surface area contributed by atoms with Crippen LogP contribution in [-0.2, 0) is 20.0 Å². The largest absolute Gasteiger partial charge is 0.317 e. The highest BCUT2D eigenvalue weighted by Gasteiger charge is 2.26. The third-order valence-corrected chi connectivity index (χ3v) is 6.11. The van der Waals surface area contributed by atoms with Crippen molar-refractivity contribution in [3.8, 4) is 0 Å². The monoisotopic (exact) mass is 383 g/mol. The van der Waals surface area contributed by atoms with Gasteiger partial charge in [-0.3, -0.25) is 10.3 Å². The second kappa shape index (κ2) is 9.13. The lowest BCUT2D eigenvalue weighted by Crippen LogP contribution is -2.39. The van der Waals surface area contributed by atoms with E-state index in [2.05, 4.69) is 80.3 Å². The van der Waals surface area contributed by atoms with Gasteiger partial charge < -0.3 is 9.88 Å². The van der Waals surface area contributed by atoms with E-state index in [1.165, 1.54) is 18.4 Å². The van der Waals surface area contributed by atoms with Gasteiger partial charge in [0.2, 0.25) is 0 Å². The second-order valence-corrected chi connectivity index (χ2v) is 8.37. The summed E-state index contributed by atoms with van der Waals surface area (Å²) in [6.45, 7) is 4.06. The molecule has 0 aliphatic carbocycles. The molecule has 2 fully saturated rings. The zero-order valence-corrected chi connectivity index (χ0v) is 17.1. The standard InChI is InChI=1S/C21H33N7/c1-27(14-18-13-19(24-23-18)17-6-4-3-5-7-17)15-21-26-25-20(28(21)2)12-16-8-10-22-11-9-16/h3-7,16,18-19,22-24H,8-15H2,1-2H3. The second-order valence-electron chi connectivity index (χ2n) is 8.37. The molecular formula is C21H33N7. The summed E-state index contributed by atoms with van der Waals surface area (Å²) >= 11 is 0. The maximum atomic E-state index is 4.48. The van der Waals surface area contributed by atoms with Crippen molar-refractivity contribution in [2.24, 2.45) is 13.0 Å². The molecule has 28 heavy (non-hydrogen) atoms. The fraction of sp³-hybridized carbons (Fsp3) is 0.619. The van der Waals surface area contributed by atoms with Crippen molar-refractivity contribution in [2.45, 2.75) is 44.3 Å². The number of rotatable bonds is 7. The van der Waals surface area contributed by atoms with Crippen molar-refractivity contribution in [2.75, 3.05) is 26.7 Å². The molecule has 0 amide bonds. The molecule has 2 aliphatic heterocycles. The van der Waals surface area contributed by atoms with Crippen LogP contribution in [0.15, 0.2) is 30.3 Å². The summed E-state index contributed by atoms with van der Waals surface area (Å²) < 4.78 is 2.20. The Balaban J connectivity index is 1.28. The van der Waals surface area contributed by atoms with Crippen LogP contribution < -0.4 is 16.2 Å². The van der Waals surface area contributed by atoms with Gasteiger partial charge in [0, 0.05) is 32.1 Å². The number of hydrazine groups is 1. The number of nitrogens with one attached hydrogen (secondary N) is 3. The molecule has 0 saturated carbocycles. The molecule has 2 saturated heterocycles. The van der Waals surface area contributed by atoms with Crippen LogP contribution in [0.1, 0.15) is 42.5 Å². The van der Waals surface area contributed by atoms with Crippen molar-refractivity contribution >= 4 is 0 Å². The number of piperidine rings is 1. The SMILES string of the molecule is CN(Cc1nnc(CC2CCNCC2)n1C)CC1CC(c2ccccc2)NN1. The molecule has 4 rings (SSSR count). The van der Waals surface area contributed by atoms with E-state index >= 15 is 0 Å². The minimum atomic E-state index is 0.381. The minimum absolute atomic E-state index is 0.381. The van der Waals surface area contributed by atoms with Crippen molar-refractivity contribution < 1.29 is 0 Å². The Kier molecular flexibility index (Phi) is 6.36. The summed E-state index contributed by atoms with van der Waals surface area (Å²) in [5, 5.41) is 12.4. The summed E-state index contributed by atoms with van der Waals surface area (Å²) in [6.07, 6.45) is 4.62. The topological polar surface area (TPSA) is 70.0 Å². The summed E-state index contributed by atoms with van der Waals surface area (Å²) in [5.74, 6) is 2.91. The fourth-order valence-corrected chi connectivity index (χ4v) is 4.39. The molecule has 7 nitrogen and oxygen atoms in total. The van der Waals surface area contributed by atoms with Gasteiger partial charge >= 0.3 is 0 Å². The molecule has 1 aromatic heterocycles. The Hall–Kier alpha value is -1.80. The average molecular weight is 384 g/mol. The number of nitrogens with zero attached hydrogens (tertiary/aromatic N) is 4. The number of aromatic nitrogens is 3. The third kappa shape index (κ3) is 4.78. The molecule has 2 unspecified atom stereocenters. The Labute approximate surface area is 167 Å². The summed E-state index contributed by atoms with van der Waals surface area (Å²) in [7, 11) is 4.28. The first-order valence-corrected chi connectivity index (χ1v) is 10.5. The van der Waals surface area contributed by atoms with E-state index in [9.17, 15) is 0 Å². The van der Waals surface area contributed by atoms with Gasteiger partial charge in [0.25, 0.3) is 0 Å². The van der Waals surface area contributed by atoms with Gasteiger partial charge in [-0.15, -0.1) is 10.2 Å². The maximum Gasteiger partial charge on any atom is 0.146 e. The van der Waals surface area contributed by atoms with Gasteiger partial charge in [0.05, 0.1) is 6.54 Å². The van der Waals surface area contributed by atoms with Gasteiger partial charge in [-0.2, -0.15) is 0 Å². The van der Waals surface area contributed by atoms with Crippen LogP contribution in [-0.4, -0.2) is 52.4 Å². The molecule has 3 heterocycles. The summed E-state index contributed by atoms with van der Waals surface area (Å²) in [5.41, 5.74) is 8.24. The highest BCUT2D eigenvalue weighted by molar-refractivity contribution is 5.20. The Bertz CT molecular complexity index is 738. The van der Waals surface area contributed by atoms with E-state index in [-0.39, 0.29) is 0 Å². The molecule has 0 radical (unpaired) electrons. The fourth-order valence-electron chi connectivity index (χ4n) is 4.39. The van der Waals surface area contributed by atoms with Crippen LogP contribution in [0, 0.1) is 5.92 Å². The highest BCUT2D eigenvalue weighted by Crippen LogP contribution is 2.22. The van der Waals surface area contributed by atoms with Crippen LogP contribution in [0.25, 0.3) is 0 Å². The predicted molar refractivity (Wildman–Crippen MR) is 110 cm³/mol. The first-order valence-electron chi connectivity index (χ1n) is 10.5. The molecule has 2 atom stereocenters. The minimum Gasteiger partial charge on any atom is -0.317 e. The molecular weight excluding hydrogens is 350 g/mol. The predicted octanol–water partition coefficient (Wildman–Crippen LogP) is 1.40. The molecule has 2 aliphatic rings. The van der Waals surface area contributed by atoms with E-state index in [0.717, 1.165) is 56.6 Å². The zero-order chi connectivity index (χ0) is 19.3. The maximum absolute atomic E-state index is 4.48. The van der Waals surface area contributed by atoms with E-state index in [0.29, 0.717) is 12.1 Å². The normalized spacial score (nSPS) is 23.5. The van der Waals surface area contributed by atoms with Crippen molar-refractivity contribution in [1.29, 1.82) is 0 Å². The third-order valence-electron chi connectivity index (χ3n) is 6.11. The zero-order valence-electron chi connectivity index (χ0n) is 17.1. The van der Waals surface area contributed by atoms with Crippen molar-refractivity contribution in [3.05, 3.63) is 47.5 Å². The molecule has 0 bridgehead atoms. The Morgan fingerprint density at radius 3 is 2.61 bits per heavy atom. The number of likely N-dealkylation sites (N-methyl/N-ethyl adjacent to an activating group) is 1. The summed E-state index contributed by atoms with van der Waals surface area (Å²) in [4.78, 5) is 2.34. The van der Waals surface area contributed by atoms with Crippen LogP contribution in [0.5, 0.6) is 0 Å². The molecule has 3 N–H and O–H groups in total. The van der Waals surface area contributed by atoms with E-state index in [1.807, 2.05) is 0 Å². The van der Waals surface area contributed by atoms with Crippen LogP contribution in [0.2, 0.25) is 0 Å². The van der Waals surface area contributed by atoms with Gasteiger partial charge in [-0.05, 0) is 50.9 Å². The lowest BCUT2D eigenvalue weighted by molar-refractivity contribution is 0.279. The van der Waals surface area contributed by atoms with Crippen LogP contribution >= 0.6 is 0 Å². The number of benzene rings is 1. The number of hydrogen-bond acceptors (Lipinski definition) is 6. The smallest absolute Gasteiger partial charge is 0.146 e. The lowest BCUT2D eigenvalue weighted by Gasteiger charge is -2.22. The van der Waals surface area contributed by atoms with Gasteiger partial charge in [0.15, 0.2) is 0 Å². The van der Waals surface area contributed by atoms with Gasteiger partial charge in [0.1, 0.15) is 11.6 Å². The lowest BCUT2D eigenvalue weighted by atomic mass is 9.94. The first kappa shape index (κ1) is 19.5. The van der Waals surface area contributed by atoms with E-state index in [1.54, 1.807) is 0 Å². The van der Waals surface area contributed by atoms with Crippen LogP contribution in [0.3, 0.4) is 0 Å². The van der Waals surface area contributed by atoms with Crippen molar-refractivity contribution in [3.63, 3.8) is 0 Å². The molecule has 1 aromatic carbocycles. The quantitative estimate of drug-likeness (QED) is 0.671. The van der Waals surface area contributed by atoms with Gasteiger partial charge in [-0.1, -0.05) is 30.3 Å². The van der Waals surface area contributed by atoms with Crippen LogP contribution in [0.4, 0.5) is 0 Å². The van der Waals surface area contributed by atoms with E-state index < -0.39 is 0 Å². The number of hydrogen-bond donors (Lipinski definition) is 3. The van der Waals surface area contributed by atoms with Gasteiger partial charge in [-0.25, -0.2) is 5.43 Å². The highest BCUT2D eigenvalue weighted by atomic mass is 15.4. The summed E-state index contributed by atoms with van der Waals surface area (Å²) in [6, 6.07) is 11.5. The Morgan fingerprint density at radius 1 is 1.07 bits per heavy atom. The Morgan fingerprint density at radius 2 is 1.82 bits per heavy atom. The molecule has 7 heteroatoms. The molecule has 2 aromatic rings. The molecule has 152 valence electrons. The first-order chi connectivity index (χ1) is 13.7. The van der Waals surface area contributed by atoms with E-state index in [4.69, 9.17) is 0 Å². The average Bonchev–Trinajstić information content (AvgIpc) is 3.32. The molecule has 0 spiro atoms.